The van der Waals surface area contributed by atoms with Crippen LogP contribution in [0.1, 0.15) is 58.3 Å². The number of benzene rings is 1. The van der Waals surface area contributed by atoms with Gasteiger partial charge >= 0.3 is 6.11 Å². The Morgan fingerprint density at radius 1 is 1.00 bits per heavy atom. The van der Waals surface area contributed by atoms with E-state index in [1.807, 2.05) is 0 Å². The second-order valence-corrected chi connectivity index (χ2v) is 6.58. The molecule has 1 aliphatic carbocycles. The van der Waals surface area contributed by atoms with Gasteiger partial charge in [0.2, 0.25) is 0 Å². The van der Waals surface area contributed by atoms with Gasteiger partial charge in [0.25, 0.3) is 0 Å². The van der Waals surface area contributed by atoms with Crippen LogP contribution in [0.2, 0.25) is 0 Å². The number of hydrogen-bond donors (Lipinski definition) is 0. The largest absolute Gasteiger partial charge is 0.432 e. The molecule has 0 spiro atoms. The van der Waals surface area contributed by atoms with Gasteiger partial charge in [0, 0.05) is 12.1 Å². The maximum Gasteiger partial charge on any atom is 0.400 e. The summed E-state index contributed by atoms with van der Waals surface area (Å²) in [6, 6.07) is 0.894. The quantitative estimate of drug-likeness (QED) is 0.311. The van der Waals surface area contributed by atoms with Crippen LogP contribution in [0, 0.1) is 29.3 Å². The molecule has 0 heterocycles. The molecule has 0 saturated heterocycles. The second kappa shape index (κ2) is 8.17. The first-order valence-corrected chi connectivity index (χ1v) is 8.54. The Bertz CT molecular complexity index is 515. The monoisotopic (exact) mass is 350 g/mol. The molecule has 1 saturated carbocycles. The Labute approximate surface area is 139 Å². The summed E-state index contributed by atoms with van der Waals surface area (Å²) in [5, 5.41) is 0. The lowest BCUT2D eigenvalue weighted by Crippen LogP contribution is -2.37. The standard InChI is InChI=1S/C18H23F5O/c1-2-3-4-5-12-6-8-13(9-7-12)18(22,23)24-14-10-15(19)17(21)16(20)11-14/h10-13H,2-9H2,1H3. The highest BCUT2D eigenvalue weighted by atomic mass is 19.3. The highest BCUT2D eigenvalue weighted by Crippen LogP contribution is 2.41. The first kappa shape index (κ1) is 19.0. The Balaban J connectivity index is 1.92. The Hall–Kier alpha value is -1.33. The van der Waals surface area contributed by atoms with Crippen LogP contribution in [0.4, 0.5) is 22.0 Å². The van der Waals surface area contributed by atoms with Crippen molar-refractivity contribution in [2.45, 2.75) is 64.4 Å². The van der Waals surface area contributed by atoms with Crippen LogP contribution in [0.3, 0.4) is 0 Å². The van der Waals surface area contributed by atoms with Crippen molar-refractivity contribution in [2.24, 2.45) is 11.8 Å². The molecule has 0 N–H and O–H groups in total. The van der Waals surface area contributed by atoms with Crippen molar-refractivity contribution in [3.8, 4) is 5.75 Å². The van der Waals surface area contributed by atoms with E-state index < -0.39 is 35.2 Å². The van der Waals surface area contributed by atoms with Gasteiger partial charge in [0.1, 0.15) is 5.75 Å². The molecule has 0 radical (unpaired) electrons. The Morgan fingerprint density at radius 2 is 1.58 bits per heavy atom. The lowest BCUT2D eigenvalue weighted by molar-refractivity contribution is -0.223. The first-order chi connectivity index (χ1) is 11.3. The number of halogens is 5. The summed E-state index contributed by atoms with van der Waals surface area (Å²) in [5.41, 5.74) is 0. The molecule has 136 valence electrons. The summed E-state index contributed by atoms with van der Waals surface area (Å²) in [6.07, 6.45) is 2.98. The van der Waals surface area contributed by atoms with Crippen LogP contribution in [-0.4, -0.2) is 6.11 Å². The van der Waals surface area contributed by atoms with Crippen molar-refractivity contribution in [1.29, 1.82) is 0 Å². The van der Waals surface area contributed by atoms with Crippen LogP contribution < -0.4 is 4.74 Å². The van der Waals surface area contributed by atoms with Gasteiger partial charge in [-0.15, -0.1) is 0 Å². The average Bonchev–Trinajstić information content (AvgIpc) is 2.53. The minimum Gasteiger partial charge on any atom is -0.432 e. The van der Waals surface area contributed by atoms with E-state index in [-0.39, 0.29) is 0 Å². The molecule has 1 aromatic carbocycles. The van der Waals surface area contributed by atoms with Crippen molar-refractivity contribution in [3.05, 3.63) is 29.6 Å². The van der Waals surface area contributed by atoms with E-state index in [4.69, 9.17) is 0 Å². The fraction of sp³-hybridized carbons (Fsp3) is 0.667. The van der Waals surface area contributed by atoms with Crippen molar-refractivity contribution < 1.29 is 26.7 Å². The molecule has 0 aliphatic heterocycles. The highest BCUT2D eigenvalue weighted by molar-refractivity contribution is 5.25. The summed E-state index contributed by atoms with van der Waals surface area (Å²) >= 11 is 0. The number of unbranched alkanes of at least 4 members (excludes halogenated alkanes) is 2. The molecule has 1 aromatic rings. The van der Waals surface area contributed by atoms with Gasteiger partial charge in [0.15, 0.2) is 17.5 Å². The number of ether oxygens (including phenoxy) is 1. The van der Waals surface area contributed by atoms with Gasteiger partial charge < -0.3 is 4.74 Å². The molecule has 0 aromatic heterocycles. The summed E-state index contributed by atoms with van der Waals surface area (Å²) in [5.74, 6) is -6.00. The average molecular weight is 350 g/mol. The normalized spacial score (nSPS) is 21.8. The molecule has 2 rings (SSSR count). The molecular weight excluding hydrogens is 327 g/mol. The van der Waals surface area contributed by atoms with E-state index in [1.54, 1.807) is 0 Å². The fourth-order valence-corrected chi connectivity index (χ4v) is 3.30. The van der Waals surface area contributed by atoms with Crippen molar-refractivity contribution in [1.82, 2.24) is 0 Å². The van der Waals surface area contributed by atoms with Gasteiger partial charge in [-0.3, -0.25) is 0 Å². The molecule has 0 unspecified atom stereocenters. The van der Waals surface area contributed by atoms with E-state index in [1.165, 1.54) is 0 Å². The van der Waals surface area contributed by atoms with E-state index >= 15 is 0 Å². The van der Waals surface area contributed by atoms with Crippen molar-refractivity contribution >= 4 is 0 Å². The van der Waals surface area contributed by atoms with Gasteiger partial charge in [-0.2, -0.15) is 8.78 Å². The van der Waals surface area contributed by atoms with Gasteiger partial charge in [-0.05, 0) is 31.6 Å². The maximum absolute atomic E-state index is 14.2. The Morgan fingerprint density at radius 3 is 2.12 bits per heavy atom. The molecule has 24 heavy (non-hydrogen) atoms. The minimum atomic E-state index is -3.52. The van der Waals surface area contributed by atoms with Crippen LogP contribution in [0.15, 0.2) is 12.1 Å². The van der Waals surface area contributed by atoms with E-state index in [2.05, 4.69) is 11.7 Å². The lowest BCUT2D eigenvalue weighted by Gasteiger charge is -2.33. The minimum absolute atomic E-state index is 0.315. The zero-order valence-electron chi connectivity index (χ0n) is 13.8. The Kier molecular flexibility index (Phi) is 6.47. The predicted octanol–water partition coefficient (Wildman–Crippen LogP) is 6.46. The highest BCUT2D eigenvalue weighted by Gasteiger charge is 2.44. The summed E-state index contributed by atoms with van der Waals surface area (Å²) in [4.78, 5) is 0. The van der Waals surface area contributed by atoms with Gasteiger partial charge in [0.05, 0.1) is 5.92 Å². The third-order valence-corrected chi connectivity index (χ3v) is 4.75. The SMILES string of the molecule is CCCCCC1CCC(C(F)(F)Oc2cc(F)c(F)c(F)c2)CC1. The number of hydrogen-bond acceptors (Lipinski definition) is 1. The molecular formula is C18H23F5O. The number of alkyl halides is 2. The summed E-state index contributed by atoms with van der Waals surface area (Å²) in [7, 11) is 0. The van der Waals surface area contributed by atoms with Crippen LogP contribution in [0.25, 0.3) is 0 Å². The van der Waals surface area contributed by atoms with Crippen molar-refractivity contribution in [3.63, 3.8) is 0 Å². The zero-order valence-corrected chi connectivity index (χ0v) is 13.8. The van der Waals surface area contributed by atoms with Gasteiger partial charge in [-0.1, -0.05) is 32.6 Å². The topological polar surface area (TPSA) is 9.23 Å². The first-order valence-electron chi connectivity index (χ1n) is 8.54. The molecule has 1 aliphatic rings. The van der Waals surface area contributed by atoms with E-state index in [0.717, 1.165) is 25.7 Å². The van der Waals surface area contributed by atoms with Crippen LogP contribution >= 0.6 is 0 Å². The predicted molar refractivity (Wildman–Crippen MR) is 81.5 cm³/mol. The lowest BCUT2D eigenvalue weighted by atomic mass is 9.79. The third kappa shape index (κ3) is 4.84. The number of rotatable bonds is 7. The molecule has 6 heteroatoms. The molecule has 1 fully saturated rings. The van der Waals surface area contributed by atoms with E-state index in [0.29, 0.717) is 43.7 Å². The van der Waals surface area contributed by atoms with Crippen LogP contribution in [-0.2, 0) is 0 Å². The zero-order chi connectivity index (χ0) is 17.7. The maximum atomic E-state index is 14.2. The van der Waals surface area contributed by atoms with E-state index in [9.17, 15) is 22.0 Å². The summed E-state index contributed by atoms with van der Waals surface area (Å²) < 4.78 is 72.1. The molecule has 1 nitrogen and oxygen atoms in total. The fourth-order valence-electron chi connectivity index (χ4n) is 3.30. The second-order valence-electron chi connectivity index (χ2n) is 6.58. The molecule has 0 amide bonds. The van der Waals surface area contributed by atoms with Crippen molar-refractivity contribution in [2.75, 3.05) is 0 Å². The smallest absolute Gasteiger partial charge is 0.400 e. The summed E-state index contributed by atoms with van der Waals surface area (Å²) in [6.45, 7) is 2.12. The third-order valence-electron chi connectivity index (χ3n) is 4.75. The van der Waals surface area contributed by atoms with Crippen LogP contribution in [0.5, 0.6) is 5.75 Å². The molecule has 0 bridgehead atoms. The molecule has 0 atom stereocenters. The van der Waals surface area contributed by atoms with Gasteiger partial charge in [-0.25, -0.2) is 13.2 Å².